The number of nitrogen functional groups attached to an aromatic ring is 1. The van der Waals surface area contributed by atoms with Gasteiger partial charge in [-0.25, -0.2) is 9.97 Å². The number of fused-ring (bicyclic) bond motifs is 1. The van der Waals surface area contributed by atoms with Crippen molar-refractivity contribution in [2.75, 3.05) is 5.73 Å². The minimum atomic E-state index is 0.674. The zero-order chi connectivity index (χ0) is 11.0. The van der Waals surface area contributed by atoms with Crippen LogP contribution in [0.3, 0.4) is 0 Å². The Bertz CT molecular complexity index is 505. The van der Waals surface area contributed by atoms with Crippen LogP contribution in [0.5, 0.6) is 0 Å². The van der Waals surface area contributed by atoms with Crippen LogP contribution in [0.25, 0.3) is 10.7 Å². The van der Waals surface area contributed by atoms with Gasteiger partial charge in [0.1, 0.15) is 5.82 Å². The lowest BCUT2D eigenvalue weighted by Gasteiger charge is -2.16. The first-order chi connectivity index (χ1) is 7.84. The molecule has 2 heterocycles. The van der Waals surface area contributed by atoms with Crippen LogP contribution in [-0.4, -0.2) is 9.97 Å². The Balaban J connectivity index is 2.12. The highest BCUT2D eigenvalue weighted by Crippen LogP contribution is 2.28. The Morgan fingerprint density at radius 2 is 2.06 bits per heavy atom. The zero-order valence-corrected chi connectivity index (χ0v) is 9.76. The van der Waals surface area contributed by atoms with E-state index >= 15 is 0 Å². The molecule has 0 aromatic carbocycles. The first-order valence-corrected chi connectivity index (χ1v) is 6.42. The molecule has 0 spiro atoms. The molecule has 4 heteroatoms. The molecule has 0 aliphatic heterocycles. The molecule has 2 aromatic heterocycles. The van der Waals surface area contributed by atoms with Crippen molar-refractivity contribution in [2.45, 2.75) is 25.7 Å². The third kappa shape index (κ3) is 1.59. The van der Waals surface area contributed by atoms with E-state index in [2.05, 4.69) is 9.97 Å². The summed E-state index contributed by atoms with van der Waals surface area (Å²) in [7, 11) is 0. The van der Waals surface area contributed by atoms with Crippen LogP contribution in [0.1, 0.15) is 24.1 Å². The predicted octanol–water partition coefficient (Wildman–Crippen LogP) is 2.67. The summed E-state index contributed by atoms with van der Waals surface area (Å²) in [6.45, 7) is 0. The van der Waals surface area contributed by atoms with Gasteiger partial charge < -0.3 is 5.73 Å². The summed E-state index contributed by atoms with van der Waals surface area (Å²) in [6.07, 6.45) is 4.50. The van der Waals surface area contributed by atoms with Crippen molar-refractivity contribution in [3.63, 3.8) is 0 Å². The van der Waals surface area contributed by atoms with E-state index in [1.165, 1.54) is 18.4 Å². The van der Waals surface area contributed by atoms with E-state index in [-0.39, 0.29) is 0 Å². The second-order valence-corrected chi connectivity index (χ2v) is 4.99. The topological polar surface area (TPSA) is 51.8 Å². The molecule has 2 aromatic rings. The minimum absolute atomic E-state index is 0.674. The van der Waals surface area contributed by atoms with Gasteiger partial charge in [-0.15, -0.1) is 11.3 Å². The van der Waals surface area contributed by atoms with Crippen molar-refractivity contribution >= 4 is 17.2 Å². The standard InChI is InChI=1S/C12H13N3S/c13-11-8-4-1-2-5-9(8)14-12(15-11)10-6-3-7-16-10/h3,6-7H,1-2,4-5H2,(H2,13,14,15). The molecule has 16 heavy (non-hydrogen) atoms. The summed E-state index contributed by atoms with van der Waals surface area (Å²) in [4.78, 5) is 10.1. The molecule has 1 aliphatic rings. The number of anilines is 1. The highest BCUT2D eigenvalue weighted by atomic mass is 32.1. The molecule has 1 aliphatic carbocycles. The van der Waals surface area contributed by atoms with Crippen LogP contribution in [0.4, 0.5) is 5.82 Å². The van der Waals surface area contributed by atoms with Gasteiger partial charge in [-0.05, 0) is 37.1 Å². The highest BCUT2D eigenvalue weighted by molar-refractivity contribution is 7.13. The normalized spacial score (nSPS) is 14.8. The summed E-state index contributed by atoms with van der Waals surface area (Å²) in [5, 5.41) is 2.04. The average molecular weight is 231 g/mol. The van der Waals surface area contributed by atoms with E-state index in [0.29, 0.717) is 5.82 Å². The molecule has 2 N–H and O–H groups in total. The van der Waals surface area contributed by atoms with E-state index in [1.807, 2.05) is 17.5 Å². The fourth-order valence-corrected chi connectivity index (χ4v) is 2.80. The number of aryl methyl sites for hydroxylation is 1. The fraction of sp³-hybridized carbons (Fsp3) is 0.333. The molecule has 0 saturated heterocycles. The molecule has 0 saturated carbocycles. The number of thiophene rings is 1. The van der Waals surface area contributed by atoms with Gasteiger partial charge in [-0.2, -0.15) is 0 Å². The van der Waals surface area contributed by atoms with Crippen molar-refractivity contribution in [3.8, 4) is 10.7 Å². The van der Waals surface area contributed by atoms with Gasteiger partial charge in [0.2, 0.25) is 0 Å². The Morgan fingerprint density at radius 3 is 2.88 bits per heavy atom. The second-order valence-electron chi connectivity index (χ2n) is 4.04. The second kappa shape index (κ2) is 3.87. The van der Waals surface area contributed by atoms with Crippen molar-refractivity contribution in [1.29, 1.82) is 0 Å². The van der Waals surface area contributed by atoms with E-state index in [9.17, 15) is 0 Å². The van der Waals surface area contributed by atoms with Gasteiger partial charge in [0.25, 0.3) is 0 Å². The predicted molar refractivity (Wildman–Crippen MR) is 66.4 cm³/mol. The summed E-state index contributed by atoms with van der Waals surface area (Å²) in [5.41, 5.74) is 8.33. The van der Waals surface area contributed by atoms with E-state index < -0.39 is 0 Å². The summed E-state index contributed by atoms with van der Waals surface area (Å²) in [5.74, 6) is 1.46. The minimum Gasteiger partial charge on any atom is -0.383 e. The van der Waals surface area contributed by atoms with Gasteiger partial charge >= 0.3 is 0 Å². The number of nitrogens with zero attached hydrogens (tertiary/aromatic N) is 2. The third-order valence-corrected chi connectivity index (χ3v) is 3.82. The Kier molecular flexibility index (Phi) is 2.36. The Hall–Kier alpha value is -1.42. The van der Waals surface area contributed by atoms with Crippen LogP contribution < -0.4 is 5.73 Å². The average Bonchev–Trinajstić information content (AvgIpc) is 2.82. The van der Waals surface area contributed by atoms with Crippen molar-refractivity contribution < 1.29 is 0 Å². The molecule has 0 unspecified atom stereocenters. The van der Waals surface area contributed by atoms with E-state index in [0.717, 1.165) is 29.2 Å². The van der Waals surface area contributed by atoms with E-state index in [4.69, 9.17) is 5.73 Å². The highest BCUT2D eigenvalue weighted by Gasteiger charge is 2.16. The molecule has 0 atom stereocenters. The fourth-order valence-electron chi connectivity index (χ4n) is 2.14. The SMILES string of the molecule is Nc1nc(-c2cccs2)nc2c1CCCC2. The molecular formula is C12H13N3S. The zero-order valence-electron chi connectivity index (χ0n) is 8.94. The van der Waals surface area contributed by atoms with Crippen LogP contribution in [0, 0.1) is 0 Å². The monoisotopic (exact) mass is 231 g/mol. The Labute approximate surface area is 98.4 Å². The number of aromatic nitrogens is 2. The Morgan fingerprint density at radius 1 is 1.19 bits per heavy atom. The molecule has 0 amide bonds. The van der Waals surface area contributed by atoms with Gasteiger partial charge in [0.15, 0.2) is 5.82 Å². The van der Waals surface area contributed by atoms with Crippen molar-refractivity contribution in [1.82, 2.24) is 9.97 Å². The number of hydrogen-bond donors (Lipinski definition) is 1. The maximum absolute atomic E-state index is 6.00. The molecular weight excluding hydrogens is 218 g/mol. The van der Waals surface area contributed by atoms with Gasteiger partial charge in [0.05, 0.1) is 4.88 Å². The van der Waals surface area contributed by atoms with Crippen LogP contribution in [0.2, 0.25) is 0 Å². The van der Waals surface area contributed by atoms with Crippen molar-refractivity contribution in [3.05, 3.63) is 28.8 Å². The van der Waals surface area contributed by atoms with Gasteiger partial charge in [-0.3, -0.25) is 0 Å². The maximum Gasteiger partial charge on any atom is 0.171 e. The van der Waals surface area contributed by atoms with Crippen LogP contribution >= 0.6 is 11.3 Å². The lowest BCUT2D eigenvalue weighted by Crippen LogP contribution is -2.11. The van der Waals surface area contributed by atoms with Crippen molar-refractivity contribution in [2.24, 2.45) is 0 Å². The number of rotatable bonds is 1. The van der Waals surface area contributed by atoms with Gasteiger partial charge in [0, 0.05) is 11.3 Å². The lowest BCUT2D eigenvalue weighted by molar-refractivity contribution is 0.666. The summed E-state index contributed by atoms with van der Waals surface area (Å²) >= 11 is 1.65. The molecule has 3 nitrogen and oxygen atoms in total. The molecule has 3 rings (SSSR count). The molecule has 0 fully saturated rings. The molecule has 0 radical (unpaired) electrons. The summed E-state index contributed by atoms with van der Waals surface area (Å²) < 4.78 is 0. The van der Waals surface area contributed by atoms with Crippen LogP contribution in [0.15, 0.2) is 17.5 Å². The maximum atomic E-state index is 6.00. The first-order valence-electron chi connectivity index (χ1n) is 5.54. The number of hydrogen-bond acceptors (Lipinski definition) is 4. The van der Waals surface area contributed by atoms with E-state index in [1.54, 1.807) is 11.3 Å². The largest absolute Gasteiger partial charge is 0.383 e. The van der Waals surface area contributed by atoms with Gasteiger partial charge in [-0.1, -0.05) is 6.07 Å². The quantitative estimate of drug-likeness (QED) is 0.821. The molecule has 0 bridgehead atoms. The number of nitrogens with two attached hydrogens (primary N) is 1. The molecule has 82 valence electrons. The third-order valence-electron chi connectivity index (χ3n) is 2.96. The summed E-state index contributed by atoms with van der Waals surface area (Å²) in [6, 6.07) is 4.05. The lowest BCUT2D eigenvalue weighted by atomic mass is 9.96. The smallest absolute Gasteiger partial charge is 0.171 e. The first kappa shape index (κ1) is 9.78. The van der Waals surface area contributed by atoms with Crippen LogP contribution in [-0.2, 0) is 12.8 Å².